The number of halogens is 1. The molecule has 0 saturated heterocycles. The number of imidazole rings is 1. The molecule has 6 heteroatoms. The van der Waals surface area contributed by atoms with Crippen LogP contribution < -0.4 is 0 Å². The molecule has 0 aliphatic heterocycles. The molecule has 2 rings (SSSR count). The van der Waals surface area contributed by atoms with Crippen LogP contribution in [0.2, 0.25) is 0 Å². The zero-order chi connectivity index (χ0) is 11.0. The highest BCUT2D eigenvalue weighted by molar-refractivity contribution is 9.10. The Morgan fingerprint density at radius 2 is 2.33 bits per heavy atom. The molecule has 2 aromatic heterocycles. The largest absolute Gasteiger partial charge is 0.358 e. The molecule has 0 aliphatic rings. The first-order valence-electron chi connectivity index (χ1n) is 4.45. The van der Waals surface area contributed by atoms with Crippen LogP contribution in [0.15, 0.2) is 22.8 Å². The standard InChI is InChI=1S/C9H8BrN3O2/c1-2-6-9(13(14)15)12-7(10)4-3-5-8(12)11-6/h3-5H,2H2,1H3. The molecule has 0 aromatic carbocycles. The number of hydrogen-bond acceptors (Lipinski definition) is 3. The SMILES string of the molecule is CCc1nc2cccc(Br)n2c1[N+](=O)[O-]. The number of fused-ring (bicyclic) bond motifs is 1. The number of rotatable bonds is 2. The molecule has 0 atom stereocenters. The highest BCUT2D eigenvalue weighted by atomic mass is 79.9. The average Bonchev–Trinajstić information content (AvgIpc) is 2.57. The van der Waals surface area contributed by atoms with Crippen molar-refractivity contribution < 1.29 is 4.92 Å². The van der Waals surface area contributed by atoms with Gasteiger partial charge in [0.05, 0.1) is 0 Å². The summed E-state index contributed by atoms with van der Waals surface area (Å²) in [4.78, 5) is 14.7. The predicted molar refractivity (Wildman–Crippen MR) is 58.9 cm³/mol. The molecule has 0 fully saturated rings. The molecule has 78 valence electrons. The van der Waals surface area contributed by atoms with Gasteiger partial charge in [-0.25, -0.2) is 4.98 Å². The van der Waals surface area contributed by atoms with Gasteiger partial charge in [-0.1, -0.05) is 13.0 Å². The van der Waals surface area contributed by atoms with Crippen LogP contribution in [0.5, 0.6) is 0 Å². The van der Waals surface area contributed by atoms with Crippen molar-refractivity contribution in [3.63, 3.8) is 0 Å². The fraction of sp³-hybridized carbons (Fsp3) is 0.222. The molecular weight excluding hydrogens is 262 g/mol. The van der Waals surface area contributed by atoms with Crippen molar-refractivity contribution in [1.29, 1.82) is 0 Å². The van der Waals surface area contributed by atoms with E-state index in [0.29, 0.717) is 22.4 Å². The van der Waals surface area contributed by atoms with Crippen LogP contribution in [0.4, 0.5) is 5.82 Å². The fourth-order valence-corrected chi connectivity index (χ4v) is 2.01. The summed E-state index contributed by atoms with van der Waals surface area (Å²) in [7, 11) is 0. The Morgan fingerprint density at radius 3 is 2.93 bits per heavy atom. The molecule has 0 radical (unpaired) electrons. The second-order valence-corrected chi connectivity index (χ2v) is 3.85. The maximum Gasteiger partial charge on any atom is 0.351 e. The second-order valence-electron chi connectivity index (χ2n) is 3.03. The van der Waals surface area contributed by atoms with E-state index in [4.69, 9.17) is 0 Å². The zero-order valence-corrected chi connectivity index (χ0v) is 9.56. The van der Waals surface area contributed by atoms with Gasteiger partial charge in [0.15, 0.2) is 4.60 Å². The third kappa shape index (κ3) is 1.50. The van der Waals surface area contributed by atoms with Crippen LogP contribution in [0.3, 0.4) is 0 Å². The van der Waals surface area contributed by atoms with E-state index in [2.05, 4.69) is 20.9 Å². The number of pyridine rings is 1. The van der Waals surface area contributed by atoms with E-state index in [0.717, 1.165) is 0 Å². The van der Waals surface area contributed by atoms with Crippen molar-refractivity contribution in [2.24, 2.45) is 0 Å². The lowest BCUT2D eigenvalue weighted by molar-refractivity contribution is -0.391. The molecule has 0 amide bonds. The van der Waals surface area contributed by atoms with Gasteiger partial charge in [-0.05, 0) is 33.3 Å². The maximum atomic E-state index is 10.9. The molecule has 15 heavy (non-hydrogen) atoms. The molecule has 0 saturated carbocycles. The highest BCUT2D eigenvalue weighted by Crippen LogP contribution is 2.25. The fourth-order valence-electron chi connectivity index (χ4n) is 1.51. The lowest BCUT2D eigenvalue weighted by Crippen LogP contribution is -1.97. The monoisotopic (exact) mass is 269 g/mol. The minimum Gasteiger partial charge on any atom is -0.358 e. The topological polar surface area (TPSA) is 60.4 Å². The first-order chi connectivity index (χ1) is 7.15. The van der Waals surface area contributed by atoms with Crippen molar-refractivity contribution >= 4 is 27.4 Å². The highest BCUT2D eigenvalue weighted by Gasteiger charge is 2.22. The Balaban J connectivity index is 2.88. The van der Waals surface area contributed by atoms with E-state index in [-0.39, 0.29) is 5.82 Å². The van der Waals surface area contributed by atoms with Crippen molar-refractivity contribution in [1.82, 2.24) is 9.38 Å². The van der Waals surface area contributed by atoms with E-state index in [9.17, 15) is 10.1 Å². The molecule has 5 nitrogen and oxygen atoms in total. The van der Waals surface area contributed by atoms with E-state index in [1.807, 2.05) is 6.92 Å². The van der Waals surface area contributed by atoms with Crippen LogP contribution in [-0.2, 0) is 6.42 Å². The quantitative estimate of drug-likeness (QED) is 0.478. The summed E-state index contributed by atoms with van der Waals surface area (Å²) in [6.07, 6.45) is 0.546. The summed E-state index contributed by atoms with van der Waals surface area (Å²) < 4.78 is 2.14. The molecule has 0 bridgehead atoms. The Hall–Kier alpha value is -1.43. The number of nitrogens with zero attached hydrogens (tertiary/aromatic N) is 3. The van der Waals surface area contributed by atoms with Gasteiger partial charge in [-0.2, -0.15) is 4.40 Å². The van der Waals surface area contributed by atoms with Gasteiger partial charge in [-0.15, -0.1) is 0 Å². The van der Waals surface area contributed by atoms with Crippen molar-refractivity contribution in [2.45, 2.75) is 13.3 Å². The molecular formula is C9H8BrN3O2. The summed E-state index contributed by atoms with van der Waals surface area (Å²) in [5.41, 5.74) is 1.10. The first-order valence-corrected chi connectivity index (χ1v) is 5.24. The molecule has 0 unspecified atom stereocenters. The molecule has 0 spiro atoms. The van der Waals surface area contributed by atoms with Crippen LogP contribution in [0.1, 0.15) is 12.6 Å². The van der Waals surface area contributed by atoms with E-state index in [1.165, 1.54) is 4.40 Å². The van der Waals surface area contributed by atoms with Gasteiger partial charge in [0.2, 0.25) is 5.65 Å². The lowest BCUT2D eigenvalue weighted by Gasteiger charge is -1.96. The van der Waals surface area contributed by atoms with Crippen LogP contribution >= 0.6 is 15.9 Å². The van der Waals surface area contributed by atoms with Gasteiger partial charge in [0.25, 0.3) is 0 Å². The number of aromatic nitrogens is 2. The summed E-state index contributed by atoms with van der Waals surface area (Å²) in [5.74, 6) is 0.0416. The third-order valence-electron chi connectivity index (χ3n) is 2.15. The Labute approximate surface area is 94.0 Å². The van der Waals surface area contributed by atoms with Crippen LogP contribution in [0, 0.1) is 10.1 Å². The molecule has 0 aliphatic carbocycles. The maximum absolute atomic E-state index is 10.9. The average molecular weight is 270 g/mol. The minimum atomic E-state index is -0.399. The van der Waals surface area contributed by atoms with Gasteiger partial charge in [0.1, 0.15) is 5.69 Å². The number of hydrogen-bond donors (Lipinski definition) is 0. The Kier molecular flexibility index (Phi) is 2.44. The summed E-state index contributed by atoms with van der Waals surface area (Å²) in [6.45, 7) is 1.85. The number of nitro groups is 1. The lowest BCUT2D eigenvalue weighted by atomic mass is 10.3. The summed E-state index contributed by atoms with van der Waals surface area (Å²) in [5, 5.41) is 10.9. The Bertz CT molecular complexity index is 535. The molecule has 0 N–H and O–H groups in total. The Morgan fingerprint density at radius 1 is 1.60 bits per heavy atom. The van der Waals surface area contributed by atoms with E-state index in [1.54, 1.807) is 18.2 Å². The van der Waals surface area contributed by atoms with Crippen molar-refractivity contribution in [2.75, 3.05) is 0 Å². The van der Waals surface area contributed by atoms with Gasteiger partial charge in [0, 0.05) is 6.07 Å². The zero-order valence-electron chi connectivity index (χ0n) is 7.98. The molecule has 2 heterocycles. The van der Waals surface area contributed by atoms with Gasteiger partial charge < -0.3 is 10.1 Å². The normalized spacial score (nSPS) is 10.8. The van der Waals surface area contributed by atoms with Crippen molar-refractivity contribution in [3.05, 3.63) is 38.6 Å². The van der Waals surface area contributed by atoms with Gasteiger partial charge >= 0.3 is 5.82 Å². The smallest absolute Gasteiger partial charge is 0.351 e. The first kappa shape index (κ1) is 10.1. The van der Waals surface area contributed by atoms with E-state index < -0.39 is 4.92 Å². The van der Waals surface area contributed by atoms with Gasteiger partial charge in [-0.3, -0.25) is 0 Å². The summed E-state index contributed by atoms with van der Waals surface area (Å²) in [6, 6.07) is 5.30. The predicted octanol–water partition coefficient (Wildman–Crippen LogP) is 2.57. The second kappa shape index (κ2) is 3.62. The van der Waals surface area contributed by atoms with Crippen molar-refractivity contribution in [3.8, 4) is 0 Å². The summed E-state index contributed by atoms with van der Waals surface area (Å²) >= 11 is 3.28. The van der Waals surface area contributed by atoms with Crippen LogP contribution in [0.25, 0.3) is 5.65 Å². The molecule has 2 aromatic rings. The van der Waals surface area contributed by atoms with Crippen LogP contribution in [-0.4, -0.2) is 14.3 Å². The van der Waals surface area contributed by atoms with E-state index >= 15 is 0 Å². The minimum absolute atomic E-state index is 0.0416. The number of aryl methyl sites for hydroxylation is 1. The third-order valence-corrected chi connectivity index (χ3v) is 2.77.